The summed E-state index contributed by atoms with van der Waals surface area (Å²) in [5, 5.41) is 5.68. The van der Waals surface area contributed by atoms with E-state index in [9.17, 15) is 9.18 Å². The van der Waals surface area contributed by atoms with Crippen LogP contribution in [0.2, 0.25) is 0 Å². The van der Waals surface area contributed by atoms with E-state index in [2.05, 4.69) is 15.3 Å². The first-order valence-corrected chi connectivity index (χ1v) is 10.4. The molecule has 2 heterocycles. The van der Waals surface area contributed by atoms with Gasteiger partial charge in [0.1, 0.15) is 22.7 Å². The molecule has 4 aromatic rings. The van der Waals surface area contributed by atoms with E-state index in [0.29, 0.717) is 17.1 Å². The van der Waals surface area contributed by atoms with E-state index in [1.54, 1.807) is 35.2 Å². The minimum absolute atomic E-state index is 0.109. The lowest BCUT2D eigenvalue weighted by molar-refractivity contribution is -0.121. The van der Waals surface area contributed by atoms with Gasteiger partial charge in [-0.15, -0.1) is 11.3 Å². The number of imidazole rings is 1. The van der Waals surface area contributed by atoms with Crippen LogP contribution in [0.25, 0.3) is 10.6 Å². The van der Waals surface area contributed by atoms with E-state index in [-0.39, 0.29) is 18.1 Å². The maximum atomic E-state index is 14.5. The number of thiazole rings is 1. The van der Waals surface area contributed by atoms with E-state index in [1.807, 2.05) is 43.6 Å². The van der Waals surface area contributed by atoms with Gasteiger partial charge in [0, 0.05) is 35.9 Å². The number of nitrogens with zero attached hydrogens (tertiary/aromatic N) is 3. The van der Waals surface area contributed by atoms with Gasteiger partial charge in [0.15, 0.2) is 0 Å². The highest BCUT2D eigenvalue weighted by molar-refractivity contribution is 7.13. The van der Waals surface area contributed by atoms with Crippen molar-refractivity contribution >= 4 is 17.2 Å². The molecule has 0 aliphatic rings. The summed E-state index contributed by atoms with van der Waals surface area (Å²) >= 11 is 1.50. The molecule has 0 radical (unpaired) electrons. The lowest BCUT2D eigenvalue weighted by Gasteiger charge is -2.19. The molecular weight excluding hydrogens is 399 g/mol. The third-order valence-electron chi connectivity index (χ3n) is 4.83. The second kappa shape index (κ2) is 8.59. The monoisotopic (exact) mass is 420 g/mol. The number of carbonyl (C=O) groups is 1. The molecule has 0 bridgehead atoms. The molecule has 0 fully saturated rings. The smallest absolute Gasteiger partial charge is 0.226 e. The van der Waals surface area contributed by atoms with Crippen LogP contribution in [-0.4, -0.2) is 20.4 Å². The lowest BCUT2D eigenvalue weighted by Crippen LogP contribution is -2.32. The van der Waals surface area contributed by atoms with Gasteiger partial charge in [-0.2, -0.15) is 0 Å². The summed E-state index contributed by atoms with van der Waals surface area (Å²) in [6.45, 7) is 2.04. The number of nitrogens with one attached hydrogen (secondary N) is 1. The Morgan fingerprint density at radius 1 is 1.20 bits per heavy atom. The van der Waals surface area contributed by atoms with Crippen molar-refractivity contribution in [2.75, 3.05) is 0 Å². The average Bonchev–Trinajstić information content (AvgIpc) is 3.36. The first-order chi connectivity index (χ1) is 14.5. The second-order valence-electron chi connectivity index (χ2n) is 7.11. The van der Waals surface area contributed by atoms with Crippen molar-refractivity contribution in [2.24, 2.45) is 7.05 Å². The molecule has 1 unspecified atom stereocenters. The summed E-state index contributed by atoms with van der Waals surface area (Å²) in [6, 6.07) is 13.8. The molecule has 2 aromatic carbocycles. The number of halogens is 1. The van der Waals surface area contributed by atoms with Gasteiger partial charge < -0.3 is 9.88 Å². The lowest BCUT2D eigenvalue weighted by atomic mass is 10.0. The van der Waals surface area contributed by atoms with E-state index < -0.39 is 6.04 Å². The normalized spacial score (nSPS) is 12.0. The van der Waals surface area contributed by atoms with E-state index in [4.69, 9.17) is 0 Å². The van der Waals surface area contributed by atoms with Crippen LogP contribution in [0.3, 0.4) is 0 Å². The highest BCUT2D eigenvalue weighted by Crippen LogP contribution is 2.25. The molecule has 1 N–H and O–H groups in total. The molecule has 152 valence electrons. The van der Waals surface area contributed by atoms with Crippen molar-refractivity contribution in [3.8, 4) is 10.6 Å². The first kappa shape index (κ1) is 20.0. The molecule has 0 aliphatic carbocycles. The molecule has 7 heteroatoms. The highest BCUT2D eigenvalue weighted by atomic mass is 32.1. The van der Waals surface area contributed by atoms with Crippen LogP contribution in [0.4, 0.5) is 4.39 Å². The SMILES string of the molecule is Cc1ccc(-c2nc(CC(=O)NC(c3ccccc3F)c3nccn3C)cs2)cc1. The Kier molecular flexibility index (Phi) is 5.72. The predicted octanol–water partition coefficient (Wildman–Crippen LogP) is 4.44. The summed E-state index contributed by atoms with van der Waals surface area (Å²) in [6.07, 6.45) is 3.50. The van der Waals surface area contributed by atoms with Crippen molar-refractivity contribution in [3.63, 3.8) is 0 Å². The molecule has 2 aromatic heterocycles. The fraction of sp³-hybridized carbons (Fsp3) is 0.174. The minimum Gasteiger partial charge on any atom is -0.342 e. The summed E-state index contributed by atoms with van der Waals surface area (Å²) in [5.41, 5.74) is 3.26. The Morgan fingerprint density at radius 2 is 1.97 bits per heavy atom. The van der Waals surface area contributed by atoms with Gasteiger partial charge in [-0.25, -0.2) is 14.4 Å². The third-order valence-corrected chi connectivity index (χ3v) is 5.77. The zero-order valence-electron chi connectivity index (χ0n) is 16.7. The zero-order chi connectivity index (χ0) is 21.1. The Balaban J connectivity index is 1.53. The molecule has 5 nitrogen and oxygen atoms in total. The van der Waals surface area contributed by atoms with Gasteiger partial charge >= 0.3 is 0 Å². The summed E-state index contributed by atoms with van der Waals surface area (Å²) < 4.78 is 16.2. The van der Waals surface area contributed by atoms with E-state index >= 15 is 0 Å². The van der Waals surface area contributed by atoms with Crippen molar-refractivity contribution in [1.82, 2.24) is 19.9 Å². The van der Waals surface area contributed by atoms with Gasteiger partial charge in [0.25, 0.3) is 0 Å². The minimum atomic E-state index is -0.686. The number of amides is 1. The van der Waals surface area contributed by atoms with E-state index in [1.165, 1.54) is 23.0 Å². The number of aromatic nitrogens is 3. The van der Waals surface area contributed by atoms with Crippen molar-refractivity contribution in [3.05, 3.63) is 94.8 Å². The van der Waals surface area contributed by atoms with Crippen molar-refractivity contribution in [1.29, 1.82) is 0 Å². The van der Waals surface area contributed by atoms with Crippen LogP contribution in [-0.2, 0) is 18.3 Å². The molecular formula is C23H21FN4OS. The van der Waals surface area contributed by atoms with Gasteiger partial charge in [0.2, 0.25) is 5.91 Å². The third kappa shape index (κ3) is 4.31. The van der Waals surface area contributed by atoms with Crippen molar-refractivity contribution in [2.45, 2.75) is 19.4 Å². The number of carbonyl (C=O) groups excluding carboxylic acids is 1. The molecule has 1 amide bonds. The van der Waals surface area contributed by atoms with Crippen molar-refractivity contribution < 1.29 is 9.18 Å². The zero-order valence-corrected chi connectivity index (χ0v) is 17.5. The molecule has 0 saturated carbocycles. The largest absolute Gasteiger partial charge is 0.342 e. The number of benzene rings is 2. The fourth-order valence-electron chi connectivity index (χ4n) is 3.24. The number of hydrogen-bond acceptors (Lipinski definition) is 4. The number of rotatable bonds is 6. The second-order valence-corrected chi connectivity index (χ2v) is 7.96. The Morgan fingerprint density at radius 3 is 2.67 bits per heavy atom. The van der Waals surface area contributed by atoms with E-state index in [0.717, 1.165) is 10.6 Å². The standard InChI is InChI=1S/C23H21FN4OS/c1-15-7-9-16(10-8-15)23-26-17(14-30-23)13-20(29)27-21(22-25-11-12-28(22)2)18-5-3-4-6-19(18)24/h3-12,14,21H,13H2,1-2H3,(H,27,29). The van der Waals surface area contributed by atoms with Gasteiger partial charge in [-0.3, -0.25) is 4.79 Å². The van der Waals surface area contributed by atoms with Crippen LogP contribution >= 0.6 is 11.3 Å². The molecule has 0 saturated heterocycles. The number of aryl methyl sites for hydroxylation is 2. The summed E-state index contributed by atoms with van der Waals surface area (Å²) in [7, 11) is 1.82. The Labute approximate surface area is 178 Å². The fourth-order valence-corrected chi connectivity index (χ4v) is 4.07. The Bertz CT molecular complexity index is 1170. The molecule has 4 rings (SSSR count). The number of hydrogen-bond donors (Lipinski definition) is 1. The maximum absolute atomic E-state index is 14.5. The van der Waals surface area contributed by atoms with Crippen LogP contribution < -0.4 is 5.32 Å². The van der Waals surface area contributed by atoms with Crippen LogP contribution in [0.1, 0.15) is 28.7 Å². The van der Waals surface area contributed by atoms with Crippen LogP contribution in [0.5, 0.6) is 0 Å². The maximum Gasteiger partial charge on any atom is 0.226 e. The molecule has 0 aliphatic heterocycles. The van der Waals surface area contributed by atoms with Crippen LogP contribution in [0.15, 0.2) is 66.3 Å². The van der Waals surface area contributed by atoms with Gasteiger partial charge in [-0.1, -0.05) is 48.0 Å². The van der Waals surface area contributed by atoms with Gasteiger partial charge in [0.05, 0.1) is 12.1 Å². The molecule has 0 spiro atoms. The average molecular weight is 421 g/mol. The molecule has 1 atom stereocenters. The summed E-state index contributed by atoms with van der Waals surface area (Å²) in [5.74, 6) is -0.0693. The summed E-state index contributed by atoms with van der Waals surface area (Å²) in [4.78, 5) is 21.7. The van der Waals surface area contributed by atoms with Crippen LogP contribution in [0, 0.1) is 12.7 Å². The molecule has 30 heavy (non-hydrogen) atoms. The first-order valence-electron chi connectivity index (χ1n) is 9.53. The predicted molar refractivity (Wildman–Crippen MR) is 116 cm³/mol. The topological polar surface area (TPSA) is 59.8 Å². The van der Waals surface area contributed by atoms with Gasteiger partial charge in [-0.05, 0) is 13.0 Å². The quantitative estimate of drug-likeness (QED) is 0.502. The highest BCUT2D eigenvalue weighted by Gasteiger charge is 2.24. The Hall–Kier alpha value is -3.32.